The average Bonchev–Trinajstić information content (AvgIpc) is 2.80. The average molecular weight is 280 g/mol. The van der Waals surface area contributed by atoms with E-state index in [1.54, 1.807) is 6.33 Å². The van der Waals surface area contributed by atoms with Crippen LogP contribution in [0.3, 0.4) is 0 Å². The van der Waals surface area contributed by atoms with E-state index in [-0.39, 0.29) is 0 Å². The molecule has 0 amide bonds. The van der Waals surface area contributed by atoms with Gasteiger partial charge in [0.2, 0.25) is 0 Å². The summed E-state index contributed by atoms with van der Waals surface area (Å²) in [7, 11) is -0.250. The Morgan fingerprint density at radius 3 is 2.95 bits per heavy atom. The Morgan fingerprint density at radius 2 is 2.21 bits per heavy atom. The monoisotopic (exact) mass is 280 g/mol. The molecule has 0 spiro atoms. The Labute approximate surface area is 112 Å². The first-order chi connectivity index (χ1) is 9.15. The van der Waals surface area contributed by atoms with Gasteiger partial charge in [-0.1, -0.05) is 0 Å². The van der Waals surface area contributed by atoms with E-state index in [2.05, 4.69) is 19.9 Å². The first-order valence-electron chi connectivity index (χ1n) is 6.28. The minimum atomic E-state index is -2.26. The highest BCUT2D eigenvalue weighted by atomic mass is 32.2. The molecular formula is C12H16N4O2S. The van der Waals surface area contributed by atoms with Gasteiger partial charge in [-0.05, 0) is 24.8 Å². The van der Waals surface area contributed by atoms with Gasteiger partial charge in [0.1, 0.15) is 28.5 Å². The van der Waals surface area contributed by atoms with Crippen molar-refractivity contribution in [2.75, 3.05) is 17.7 Å². The zero-order valence-corrected chi connectivity index (χ0v) is 11.5. The van der Waals surface area contributed by atoms with E-state index in [1.807, 2.05) is 19.3 Å². The number of thiol groups is 1. The van der Waals surface area contributed by atoms with Crippen LogP contribution in [0.2, 0.25) is 0 Å². The Kier molecular flexibility index (Phi) is 3.14. The molecule has 1 aliphatic carbocycles. The van der Waals surface area contributed by atoms with Crippen molar-refractivity contribution < 1.29 is 8.42 Å². The van der Waals surface area contributed by atoms with Crippen LogP contribution in [0, 0.1) is 5.92 Å². The van der Waals surface area contributed by atoms with E-state index in [1.165, 1.54) is 0 Å². The van der Waals surface area contributed by atoms with Gasteiger partial charge >= 0.3 is 0 Å². The van der Waals surface area contributed by atoms with Gasteiger partial charge in [0.05, 0.1) is 11.1 Å². The fraction of sp³-hybridized carbons (Fsp3) is 0.500. The molecule has 102 valence electrons. The third-order valence-electron chi connectivity index (χ3n) is 3.83. The summed E-state index contributed by atoms with van der Waals surface area (Å²) in [6.07, 6.45) is 5.23. The highest BCUT2D eigenvalue weighted by Crippen LogP contribution is 2.34. The predicted molar refractivity (Wildman–Crippen MR) is 74.0 cm³/mol. The van der Waals surface area contributed by atoms with Crippen LogP contribution in [0.25, 0.3) is 11.0 Å². The molecule has 0 radical (unpaired) electrons. The zero-order chi connectivity index (χ0) is 13.4. The molecule has 1 saturated carbocycles. The molecule has 1 N–H and O–H groups in total. The van der Waals surface area contributed by atoms with Crippen LogP contribution < -0.4 is 4.90 Å². The number of fused-ring (bicyclic) bond motifs is 1. The van der Waals surface area contributed by atoms with Crippen molar-refractivity contribution in [3.8, 4) is 0 Å². The van der Waals surface area contributed by atoms with Crippen molar-refractivity contribution in [3.05, 3.63) is 18.6 Å². The molecule has 1 fully saturated rings. The van der Waals surface area contributed by atoms with Gasteiger partial charge in [0.15, 0.2) is 0 Å². The zero-order valence-electron chi connectivity index (χ0n) is 10.6. The van der Waals surface area contributed by atoms with Crippen molar-refractivity contribution in [2.45, 2.75) is 18.9 Å². The molecule has 0 saturated heterocycles. The number of nitrogens with zero attached hydrogens (tertiary/aromatic N) is 3. The Hall–Kier alpha value is -1.63. The smallest absolute Gasteiger partial charge is 0.142 e. The van der Waals surface area contributed by atoms with Gasteiger partial charge in [-0.2, -0.15) is 0 Å². The van der Waals surface area contributed by atoms with Crippen LogP contribution in [0.4, 0.5) is 5.82 Å². The summed E-state index contributed by atoms with van der Waals surface area (Å²) < 4.78 is 21.4. The molecule has 2 heterocycles. The summed E-state index contributed by atoms with van der Waals surface area (Å²) in [4.78, 5) is 13.7. The standard InChI is InChI=1S/C12H16N4O2S/c1-16(9-4-8(5-9)6-19(17)18)12-10-2-3-13-11(10)14-7-15-12/h2-3,7-9,19H,4-6H2,1H3,(H,13,14,15). The number of anilines is 1. The van der Waals surface area contributed by atoms with Crippen molar-refractivity contribution >= 4 is 27.6 Å². The molecule has 19 heavy (non-hydrogen) atoms. The molecule has 0 aliphatic heterocycles. The lowest BCUT2D eigenvalue weighted by atomic mass is 9.81. The van der Waals surface area contributed by atoms with Crippen LogP contribution in [-0.2, 0) is 10.7 Å². The van der Waals surface area contributed by atoms with E-state index in [4.69, 9.17) is 0 Å². The molecule has 2 aromatic heterocycles. The first kappa shape index (κ1) is 12.4. The molecule has 7 heteroatoms. The van der Waals surface area contributed by atoms with Crippen LogP contribution in [0.5, 0.6) is 0 Å². The Morgan fingerprint density at radius 1 is 1.42 bits per heavy atom. The summed E-state index contributed by atoms with van der Waals surface area (Å²) >= 11 is 0. The van der Waals surface area contributed by atoms with Gasteiger partial charge in [0.25, 0.3) is 0 Å². The van der Waals surface area contributed by atoms with E-state index in [9.17, 15) is 8.42 Å². The van der Waals surface area contributed by atoms with Crippen molar-refractivity contribution in [2.24, 2.45) is 5.92 Å². The minimum absolute atomic E-state index is 0.303. The third-order valence-corrected chi connectivity index (χ3v) is 4.65. The Bertz CT molecular complexity index is 653. The van der Waals surface area contributed by atoms with Crippen molar-refractivity contribution in [1.82, 2.24) is 15.0 Å². The highest BCUT2D eigenvalue weighted by molar-refractivity contribution is 7.72. The van der Waals surface area contributed by atoms with Crippen molar-refractivity contribution in [3.63, 3.8) is 0 Å². The van der Waals surface area contributed by atoms with Crippen LogP contribution in [0.1, 0.15) is 12.8 Å². The number of hydrogen-bond donors (Lipinski definition) is 2. The number of rotatable bonds is 4. The number of aromatic amines is 1. The van der Waals surface area contributed by atoms with Gasteiger partial charge in [-0.3, -0.25) is 0 Å². The maximum Gasteiger partial charge on any atom is 0.142 e. The van der Waals surface area contributed by atoms with Gasteiger partial charge in [0, 0.05) is 19.3 Å². The second kappa shape index (κ2) is 4.80. The second-order valence-electron chi connectivity index (χ2n) is 5.05. The third kappa shape index (κ3) is 2.30. The number of nitrogens with one attached hydrogen (secondary N) is 1. The van der Waals surface area contributed by atoms with Crippen LogP contribution in [-0.4, -0.2) is 42.2 Å². The van der Waals surface area contributed by atoms with E-state index in [0.29, 0.717) is 17.7 Å². The fourth-order valence-electron chi connectivity index (χ4n) is 2.69. The quantitative estimate of drug-likeness (QED) is 0.809. The largest absolute Gasteiger partial charge is 0.356 e. The second-order valence-corrected chi connectivity index (χ2v) is 6.09. The summed E-state index contributed by atoms with van der Waals surface area (Å²) in [6.45, 7) is 0. The lowest BCUT2D eigenvalue weighted by Gasteiger charge is -2.41. The maximum atomic E-state index is 10.7. The summed E-state index contributed by atoms with van der Waals surface area (Å²) in [6, 6.07) is 2.33. The molecule has 3 rings (SSSR count). The van der Waals surface area contributed by atoms with Crippen LogP contribution in [0.15, 0.2) is 18.6 Å². The summed E-state index contributed by atoms with van der Waals surface area (Å²) in [5, 5.41) is 1.00. The SMILES string of the molecule is CN(c1ncnc2[nH]ccc12)C1CC(C[SH](=O)=O)C1. The molecular weight excluding hydrogens is 264 g/mol. The molecule has 0 unspecified atom stereocenters. The van der Waals surface area contributed by atoms with Gasteiger partial charge in [-0.25, -0.2) is 18.4 Å². The molecule has 0 aromatic carbocycles. The fourth-order valence-corrected chi connectivity index (χ4v) is 3.41. The van der Waals surface area contributed by atoms with Gasteiger partial charge in [-0.15, -0.1) is 0 Å². The molecule has 2 aromatic rings. The van der Waals surface area contributed by atoms with E-state index >= 15 is 0 Å². The predicted octanol–water partition coefficient (Wildman–Crippen LogP) is 0.784. The molecule has 1 aliphatic rings. The van der Waals surface area contributed by atoms with Crippen LogP contribution >= 0.6 is 0 Å². The lowest BCUT2D eigenvalue weighted by Crippen LogP contribution is -2.44. The number of H-pyrrole nitrogens is 1. The normalized spacial score (nSPS) is 22.6. The summed E-state index contributed by atoms with van der Waals surface area (Å²) in [5.41, 5.74) is 0.829. The van der Waals surface area contributed by atoms with Crippen molar-refractivity contribution in [1.29, 1.82) is 0 Å². The minimum Gasteiger partial charge on any atom is -0.356 e. The molecule has 0 atom stereocenters. The van der Waals surface area contributed by atoms with E-state index in [0.717, 1.165) is 29.7 Å². The lowest BCUT2D eigenvalue weighted by molar-refractivity contribution is 0.283. The maximum absolute atomic E-state index is 10.7. The molecule has 0 bridgehead atoms. The summed E-state index contributed by atoms with van der Waals surface area (Å²) in [5.74, 6) is 1.52. The number of hydrogen-bond acceptors (Lipinski definition) is 5. The van der Waals surface area contributed by atoms with E-state index < -0.39 is 10.7 Å². The first-order valence-corrected chi connectivity index (χ1v) is 7.64. The molecule has 6 nitrogen and oxygen atoms in total. The number of aromatic nitrogens is 3. The Balaban J connectivity index is 1.75. The highest BCUT2D eigenvalue weighted by Gasteiger charge is 2.33. The van der Waals surface area contributed by atoms with Gasteiger partial charge < -0.3 is 9.88 Å². The topological polar surface area (TPSA) is 79.0 Å².